The van der Waals surface area contributed by atoms with Gasteiger partial charge < -0.3 is 0 Å². The quantitative estimate of drug-likeness (QED) is 0.229. The van der Waals surface area contributed by atoms with Gasteiger partial charge in [-0.3, -0.25) is 0 Å². The maximum absolute atomic E-state index is 13.5. The molecule has 0 unspecified atom stereocenters. The Kier molecular flexibility index (Phi) is 7.59. The lowest BCUT2D eigenvalue weighted by molar-refractivity contribution is -0.469. The summed E-state index contributed by atoms with van der Waals surface area (Å²) in [5.41, 5.74) is 0. The highest BCUT2D eigenvalue weighted by Crippen LogP contribution is 2.67. The number of alkyl halides is 26. The zero-order valence-electron chi connectivity index (χ0n) is 17.0. The summed E-state index contributed by atoms with van der Waals surface area (Å²) in [6, 6.07) is 0. The molecule has 0 saturated heterocycles. The largest absolute Gasteiger partial charge is 0.384 e. The molecule has 0 radical (unpaired) electrons. The highest BCUT2D eigenvalue weighted by atomic mass is 19.4. The van der Waals surface area contributed by atoms with Crippen molar-refractivity contribution in [1.82, 2.24) is 0 Å². The molecule has 1 aliphatic rings. The van der Waals surface area contributed by atoms with Crippen molar-refractivity contribution in [3.05, 3.63) is 0 Å². The van der Waals surface area contributed by atoms with E-state index in [-0.39, 0.29) is 0 Å². The van der Waals surface area contributed by atoms with Crippen LogP contribution >= 0.6 is 0 Å². The Morgan fingerprint density at radius 2 is 0.300 bits per heavy atom. The van der Waals surface area contributed by atoms with Crippen LogP contribution in [0.25, 0.3) is 0 Å². The highest BCUT2D eigenvalue weighted by molar-refractivity contribution is 5.21. The number of rotatable bonds is 0. The van der Waals surface area contributed by atoms with Gasteiger partial charge in [0.05, 0.1) is 0 Å². The lowest BCUT2D eigenvalue weighted by atomic mass is 9.81. The van der Waals surface area contributed by atoms with Gasteiger partial charge in [0, 0.05) is 0 Å². The van der Waals surface area contributed by atoms with Crippen LogP contribution in [0.4, 0.5) is 114 Å². The molecule has 26 heteroatoms. The van der Waals surface area contributed by atoms with Gasteiger partial charge in [0.2, 0.25) is 12.3 Å². The van der Waals surface area contributed by atoms with Crippen molar-refractivity contribution in [3.63, 3.8) is 0 Å². The Bertz CT molecular complexity index is 816. The Morgan fingerprint density at radius 1 is 0.200 bits per heavy atom. The second-order valence-corrected chi connectivity index (χ2v) is 7.81. The molecule has 240 valence electrons. The standard InChI is InChI=1S/C14H2F26/c15-1-3(17,18)7(25,26)11(33,34)13(37,38)9(29,30)5(21,22)2(16)6(23,24)10(31,32)14(39,40)12(35,36)8(27,28)4(1,19)20/h1-2H. The summed E-state index contributed by atoms with van der Waals surface area (Å²) in [4.78, 5) is 0. The fraction of sp³-hybridized carbons (Fsp3) is 1.00. The summed E-state index contributed by atoms with van der Waals surface area (Å²) < 4.78 is 351. The molecule has 0 aliphatic heterocycles. The predicted octanol–water partition coefficient (Wildman–Crippen LogP) is 8.30. The Hall–Kier alpha value is -1.82. The molecule has 0 aromatic rings. The molecule has 1 rings (SSSR count). The van der Waals surface area contributed by atoms with Crippen molar-refractivity contribution in [1.29, 1.82) is 0 Å². The topological polar surface area (TPSA) is 0 Å². The lowest BCUT2D eigenvalue weighted by Gasteiger charge is -2.47. The smallest absolute Gasteiger partial charge is 0.234 e. The Labute approximate surface area is 199 Å². The van der Waals surface area contributed by atoms with E-state index in [0.29, 0.717) is 0 Å². The van der Waals surface area contributed by atoms with Crippen LogP contribution in [0.1, 0.15) is 0 Å². The van der Waals surface area contributed by atoms with Gasteiger partial charge in [0.15, 0.2) is 0 Å². The third-order valence-corrected chi connectivity index (χ3v) is 5.31. The highest BCUT2D eigenvalue weighted by Gasteiger charge is 2.98. The lowest BCUT2D eigenvalue weighted by Crippen LogP contribution is -2.79. The Balaban J connectivity index is 4.51. The number of hydrogen-bond acceptors (Lipinski definition) is 0. The van der Waals surface area contributed by atoms with Crippen LogP contribution in [-0.4, -0.2) is 83.4 Å². The molecular weight excluding hydrogens is 662 g/mol. The van der Waals surface area contributed by atoms with E-state index in [2.05, 4.69) is 0 Å². The van der Waals surface area contributed by atoms with Gasteiger partial charge in [-0.2, -0.15) is 105 Å². The number of halogens is 26. The molecule has 0 aromatic heterocycles. The average molecular weight is 664 g/mol. The molecule has 0 bridgehead atoms. The fourth-order valence-corrected chi connectivity index (χ4v) is 2.72. The van der Waals surface area contributed by atoms with Crippen LogP contribution in [0.3, 0.4) is 0 Å². The molecule has 0 aromatic carbocycles. The minimum Gasteiger partial charge on any atom is -0.234 e. The summed E-state index contributed by atoms with van der Waals surface area (Å²) in [5, 5.41) is 0. The summed E-state index contributed by atoms with van der Waals surface area (Å²) in [6.45, 7) is 0. The van der Waals surface area contributed by atoms with Crippen LogP contribution < -0.4 is 0 Å². The first-order valence-electron chi connectivity index (χ1n) is 8.63. The van der Waals surface area contributed by atoms with Crippen molar-refractivity contribution in [2.75, 3.05) is 0 Å². The maximum atomic E-state index is 13.5. The van der Waals surface area contributed by atoms with Gasteiger partial charge in [0.25, 0.3) is 0 Å². The molecular formula is C14H2F26. The van der Waals surface area contributed by atoms with E-state index in [0.717, 1.165) is 0 Å². The summed E-state index contributed by atoms with van der Waals surface area (Å²) >= 11 is 0. The normalized spacial score (nSPS) is 36.1. The number of hydrogen-bond donors (Lipinski definition) is 0. The van der Waals surface area contributed by atoms with Crippen molar-refractivity contribution in [2.24, 2.45) is 0 Å². The SMILES string of the molecule is FC1C(F)(F)C(F)(F)C(F)(F)C(F)(F)C(F)(F)C(F)(F)C(F)C(F)(F)C(F)(F)C(F)(F)C(F)(F)C(F)(F)C1(F)F. The van der Waals surface area contributed by atoms with E-state index in [1.165, 1.54) is 0 Å². The molecule has 1 aliphatic carbocycles. The second kappa shape index (κ2) is 8.39. The molecule has 0 heterocycles. The van der Waals surface area contributed by atoms with Crippen molar-refractivity contribution in [3.8, 4) is 0 Å². The first-order chi connectivity index (χ1) is 16.8. The summed E-state index contributed by atoms with van der Waals surface area (Å²) in [7, 11) is 0. The second-order valence-electron chi connectivity index (χ2n) is 7.81. The van der Waals surface area contributed by atoms with Crippen molar-refractivity contribution < 1.29 is 114 Å². The molecule has 0 N–H and O–H groups in total. The van der Waals surface area contributed by atoms with Crippen LogP contribution in [0, 0.1) is 0 Å². The van der Waals surface area contributed by atoms with Crippen molar-refractivity contribution >= 4 is 0 Å². The molecule has 0 spiro atoms. The van der Waals surface area contributed by atoms with E-state index in [9.17, 15) is 114 Å². The summed E-state index contributed by atoms with van der Waals surface area (Å²) in [5.74, 6) is -110. The molecule has 40 heavy (non-hydrogen) atoms. The van der Waals surface area contributed by atoms with E-state index >= 15 is 0 Å². The average Bonchev–Trinajstić information content (AvgIpc) is 2.75. The van der Waals surface area contributed by atoms with Gasteiger partial charge in [-0.05, 0) is 0 Å². The monoisotopic (exact) mass is 664 g/mol. The minimum absolute atomic E-state index is 7.73. The summed E-state index contributed by atoms with van der Waals surface area (Å²) in [6.07, 6.45) is -15.5. The van der Waals surface area contributed by atoms with Crippen LogP contribution in [0.2, 0.25) is 0 Å². The maximum Gasteiger partial charge on any atom is 0.384 e. The first-order valence-corrected chi connectivity index (χ1v) is 8.63. The van der Waals surface area contributed by atoms with Crippen LogP contribution in [0.5, 0.6) is 0 Å². The molecule has 0 nitrogen and oxygen atoms in total. The van der Waals surface area contributed by atoms with E-state index in [1.54, 1.807) is 0 Å². The van der Waals surface area contributed by atoms with E-state index in [1.807, 2.05) is 0 Å². The van der Waals surface area contributed by atoms with Crippen molar-refractivity contribution in [2.45, 2.75) is 83.4 Å². The fourth-order valence-electron chi connectivity index (χ4n) is 2.72. The van der Waals surface area contributed by atoms with Gasteiger partial charge in [-0.1, -0.05) is 0 Å². The van der Waals surface area contributed by atoms with E-state index < -0.39 is 83.4 Å². The van der Waals surface area contributed by atoms with Gasteiger partial charge in [-0.25, -0.2) is 8.78 Å². The minimum atomic E-state index is -9.33. The third kappa shape index (κ3) is 3.56. The molecule has 1 saturated carbocycles. The predicted molar refractivity (Wildman–Crippen MR) is 69.2 cm³/mol. The zero-order chi connectivity index (χ0) is 33.2. The first kappa shape index (κ1) is 36.2. The molecule has 1 fully saturated rings. The molecule has 0 amide bonds. The van der Waals surface area contributed by atoms with Crippen LogP contribution in [0.15, 0.2) is 0 Å². The van der Waals surface area contributed by atoms with Crippen LogP contribution in [-0.2, 0) is 0 Å². The van der Waals surface area contributed by atoms with Gasteiger partial charge in [-0.15, -0.1) is 0 Å². The Morgan fingerprint density at radius 3 is 0.400 bits per heavy atom. The van der Waals surface area contributed by atoms with Gasteiger partial charge in [0.1, 0.15) is 0 Å². The van der Waals surface area contributed by atoms with Gasteiger partial charge >= 0.3 is 71.1 Å². The van der Waals surface area contributed by atoms with E-state index in [4.69, 9.17) is 0 Å². The third-order valence-electron chi connectivity index (χ3n) is 5.31. The molecule has 0 atom stereocenters. The zero-order valence-corrected chi connectivity index (χ0v) is 17.0.